The molecule has 67 heavy (non-hydrogen) atoms. The van der Waals surface area contributed by atoms with Gasteiger partial charge in [-0.15, -0.1) is 4.33 Å². The summed E-state index contributed by atoms with van der Waals surface area (Å²) < 4.78 is 142. The van der Waals surface area contributed by atoms with E-state index in [-0.39, 0.29) is 76.7 Å². The Balaban J connectivity index is 1.26. The van der Waals surface area contributed by atoms with Crippen molar-refractivity contribution in [2.75, 3.05) is 40.6 Å². The largest absolute Gasteiger partial charge is 0.491 e. The van der Waals surface area contributed by atoms with E-state index >= 15 is 0 Å². The summed E-state index contributed by atoms with van der Waals surface area (Å²) in [7, 11) is -18.4. The molecule has 354 valence electrons. The number of nitrogens with one attached hydrogen (secondary N) is 3. The van der Waals surface area contributed by atoms with Crippen molar-refractivity contribution in [2.45, 2.75) is 21.1 Å². The number of aromatic nitrogens is 3. The van der Waals surface area contributed by atoms with Gasteiger partial charge < -0.3 is 20.7 Å². The maximum atomic E-state index is 12.2. The number of fused-ring (bicyclic) bond motifs is 1. The van der Waals surface area contributed by atoms with Gasteiger partial charge in [0.25, 0.3) is 40.5 Å². The molecule has 26 nitrogen and oxygen atoms in total. The van der Waals surface area contributed by atoms with E-state index in [9.17, 15) is 51.9 Å². The second-order valence-corrected chi connectivity index (χ2v) is 20.0. The summed E-state index contributed by atoms with van der Waals surface area (Å²) in [6.45, 7) is -0.506. The average molecular weight is 1020 g/mol. The number of hydrogen-bond donors (Lipinski definition) is 8. The fourth-order valence-corrected chi connectivity index (χ4v) is 8.22. The Kier molecular flexibility index (Phi) is 16.1. The highest BCUT2D eigenvalue weighted by Gasteiger charge is 2.21. The molecule has 0 aliphatic rings. The molecule has 1 heterocycles. The molecule has 0 amide bonds. The Morgan fingerprint density at radius 2 is 1.16 bits per heavy atom. The third kappa shape index (κ3) is 15.3. The minimum absolute atomic E-state index is 0.0997. The van der Waals surface area contributed by atoms with Crippen LogP contribution in [0.15, 0.2) is 132 Å². The maximum Gasteiger partial charge on any atom is 0.295 e. The van der Waals surface area contributed by atoms with Crippen LogP contribution in [-0.4, -0.2) is 96.7 Å². The molecule has 0 spiro atoms. The van der Waals surface area contributed by atoms with Crippen LogP contribution in [0.5, 0.6) is 5.75 Å². The average Bonchev–Trinajstić information content (AvgIpc) is 3.25. The van der Waals surface area contributed by atoms with Crippen LogP contribution >= 0.6 is 12.0 Å². The minimum atomic E-state index is -4.90. The van der Waals surface area contributed by atoms with Gasteiger partial charge in [0.2, 0.25) is 17.8 Å². The van der Waals surface area contributed by atoms with E-state index in [0.717, 1.165) is 30.2 Å². The molecule has 0 saturated heterocycles. The molecule has 0 bridgehead atoms. The lowest BCUT2D eigenvalue weighted by Crippen LogP contribution is -2.17. The van der Waals surface area contributed by atoms with Gasteiger partial charge in [-0.1, -0.05) is 17.2 Å². The third-order valence-electron chi connectivity index (χ3n) is 8.44. The van der Waals surface area contributed by atoms with Gasteiger partial charge in [-0.25, -0.2) is 5.26 Å². The molecular formula is C36H34N10O16S5. The number of nitrogens with zero attached hydrogens (tertiary/aromatic N) is 7. The molecule has 6 aromatic rings. The highest BCUT2D eigenvalue weighted by atomic mass is 32.2. The Labute approximate surface area is 384 Å². The highest BCUT2D eigenvalue weighted by molar-refractivity contribution is 7.94. The zero-order valence-corrected chi connectivity index (χ0v) is 37.8. The van der Waals surface area contributed by atoms with Gasteiger partial charge in [0.05, 0.1) is 58.6 Å². The second-order valence-electron chi connectivity index (χ2n) is 13.3. The molecule has 0 aliphatic heterocycles. The number of azo groups is 2. The van der Waals surface area contributed by atoms with Gasteiger partial charge in [-0.3, -0.25) is 18.2 Å². The number of ether oxygens (including phenoxy) is 1. The molecular weight excluding hydrogens is 989 g/mol. The second kappa shape index (κ2) is 21.5. The van der Waals surface area contributed by atoms with Gasteiger partial charge in [-0.05, 0) is 85.3 Å². The lowest BCUT2D eigenvalue weighted by atomic mass is 10.1. The summed E-state index contributed by atoms with van der Waals surface area (Å²) in [4.78, 5) is 12.2. The normalized spacial score (nSPS) is 12.5. The summed E-state index contributed by atoms with van der Waals surface area (Å²) >= 11 is 0.748. The topological polar surface area (TPSA) is 390 Å². The van der Waals surface area contributed by atoms with E-state index in [0.29, 0.717) is 16.3 Å². The van der Waals surface area contributed by atoms with E-state index in [2.05, 4.69) is 60.7 Å². The van der Waals surface area contributed by atoms with Crippen LogP contribution in [0.1, 0.15) is 6.42 Å². The highest BCUT2D eigenvalue weighted by Crippen LogP contribution is 2.35. The van der Waals surface area contributed by atoms with Crippen LogP contribution in [0, 0.1) is 0 Å². The SMILES string of the molecule is O=S(=O)(O)CCCOc1cc(N=Nc2ccc(SOOO)cc2)ccc1Nc1nc(NCCS(=O)(=O)O)nc(Nc2ccc(N=Nc3cc(S(=O)(=O)O)c4cccc(S(=O)(=O)O)c4c3)cc2)n1. The monoisotopic (exact) mass is 1020 g/mol. The van der Waals surface area contributed by atoms with E-state index < -0.39 is 61.8 Å². The summed E-state index contributed by atoms with van der Waals surface area (Å²) in [5.41, 5.74) is 1.31. The van der Waals surface area contributed by atoms with Crippen molar-refractivity contribution >= 4 is 115 Å². The van der Waals surface area contributed by atoms with E-state index in [1.165, 1.54) is 48.5 Å². The molecule has 6 rings (SSSR count). The van der Waals surface area contributed by atoms with Crippen LogP contribution < -0.4 is 20.7 Å². The van der Waals surface area contributed by atoms with Gasteiger partial charge in [-0.2, -0.15) is 69.1 Å². The predicted octanol–water partition coefficient (Wildman–Crippen LogP) is 7.22. The Bertz CT molecular complexity index is 3280. The molecule has 1 aromatic heterocycles. The Hall–Kier alpha value is -6.36. The van der Waals surface area contributed by atoms with E-state index in [1.807, 2.05) is 0 Å². The van der Waals surface area contributed by atoms with Crippen molar-refractivity contribution < 1.29 is 71.2 Å². The first-order valence-corrected chi connectivity index (χ1v) is 25.4. The molecule has 5 aromatic carbocycles. The minimum Gasteiger partial charge on any atom is -0.491 e. The first-order valence-electron chi connectivity index (χ1n) is 18.5. The quantitative estimate of drug-likeness (QED) is 0.00830. The molecule has 0 saturated carbocycles. The van der Waals surface area contributed by atoms with Crippen molar-refractivity contribution in [3.8, 4) is 5.75 Å². The van der Waals surface area contributed by atoms with E-state index in [1.54, 1.807) is 30.3 Å². The molecule has 0 radical (unpaired) electrons. The molecule has 8 N–H and O–H groups in total. The van der Waals surface area contributed by atoms with Crippen molar-refractivity contribution in [2.24, 2.45) is 20.5 Å². The Morgan fingerprint density at radius 1 is 0.582 bits per heavy atom. The number of rotatable bonds is 22. The van der Waals surface area contributed by atoms with Crippen molar-refractivity contribution in [1.82, 2.24) is 15.0 Å². The van der Waals surface area contributed by atoms with Gasteiger partial charge in [0.1, 0.15) is 15.5 Å². The summed E-state index contributed by atoms with van der Waals surface area (Å²) in [6, 6.07) is 22.5. The lowest BCUT2D eigenvalue weighted by molar-refractivity contribution is -0.432. The number of hydrogen-bond acceptors (Lipinski definition) is 23. The van der Waals surface area contributed by atoms with Crippen LogP contribution in [0.4, 0.5) is 52.0 Å². The third-order valence-corrected chi connectivity index (χ3v) is 12.4. The van der Waals surface area contributed by atoms with Crippen molar-refractivity contribution in [3.05, 3.63) is 97.1 Å². The zero-order valence-electron chi connectivity index (χ0n) is 33.7. The zero-order chi connectivity index (χ0) is 48.4. The fraction of sp³-hybridized carbons (Fsp3) is 0.139. The Morgan fingerprint density at radius 3 is 1.79 bits per heavy atom. The fourth-order valence-electron chi connectivity index (χ4n) is 5.60. The summed E-state index contributed by atoms with van der Waals surface area (Å²) in [5.74, 6) is -1.59. The van der Waals surface area contributed by atoms with Crippen LogP contribution in [0.3, 0.4) is 0 Å². The molecule has 0 unspecified atom stereocenters. The van der Waals surface area contributed by atoms with Crippen LogP contribution in [0.25, 0.3) is 10.8 Å². The van der Waals surface area contributed by atoms with Crippen LogP contribution in [-0.2, 0) is 49.8 Å². The molecule has 0 fully saturated rings. The smallest absolute Gasteiger partial charge is 0.295 e. The van der Waals surface area contributed by atoms with Crippen molar-refractivity contribution in [3.63, 3.8) is 0 Å². The number of benzene rings is 5. The van der Waals surface area contributed by atoms with Gasteiger partial charge >= 0.3 is 0 Å². The summed E-state index contributed by atoms with van der Waals surface area (Å²) in [5, 5.41) is 36.5. The lowest BCUT2D eigenvalue weighted by Gasteiger charge is -2.15. The van der Waals surface area contributed by atoms with Crippen molar-refractivity contribution in [1.29, 1.82) is 0 Å². The van der Waals surface area contributed by atoms with E-state index in [4.69, 9.17) is 9.99 Å². The molecule has 0 atom stereocenters. The summed E-state index contributed by atoms with van der Waals surface area (Å²) in [6.07, 6.45) is -0.0997. The standard InChI is InChI=1S/C36H34N10O16S5/c47-61-62-63-27-12-9-24(10-13-27)43-45-25-11-14-30(31(20-25)60-16-2-17-64(48,49)50)39-36-41-34(37-15-18-65(51,52)53)40-35(42-36)38-22-5-7-23(8-6-22)44-46-26-19-29-28(33(21-26)67(57,58)59)3-1-4-32(29)66(54,55)56/h1,3-14,19-21,47H,2,15-18H2,(H,48,49,50)(H,51,52,53)(H,54,55,56)(H,57,58,59)(H3,37,38,39,40,41,42). The molecule has 31 heteroatoms. The maximum absolute atomic E-state index is 12.2. The van der Waals surface area contributed by atoms with Gasteiger partial charge in [0, 0.05) is 34.0 Å². The first-order chi connectivity index (χ1) is 31.6. The number of anilines is 5. The van der Waals surface area contributed by atoms with Gasteiger partial charge in [0.15, 0.2) is 0 Å². The first kappa shape index (κ1) is 50.1. The molecule has 0 aliphatic carbocycles. The van der Waals surface area contributed by atoms with Crippen LogP contribution in [0.2, 0.25) is 0 Å². The predicted molar refractivity (Wildman–Crippen MR) is 240 cm³/mol.